The van der Waals surface area contributed by atoms with Crippen LogP contribution in [0.2, 0.25) is 0 Å². The number of hydrogen-bond donors (Lipinski definition) is 3. The minimum atomic E-state index is -3.55. The van der Waals surface area contributed by atoms with Gasteiger partial charge in [-0.1, -0.05) is 64.2 Å². The highest BCUT2D eigenvalue weighted by Crippen LogP contribution is 2.43. The zero-order valence-corrected chi connectivity index (χ0v) is 40.6. The van der Waals surface area contributed by atoms with Crippen molar-refractivity contribution in [3.8, 4) is 0 Å². The molecule has 2 unspecified atom stereocenters. The first-order valence-electron chi connectivity index (χ1n) is 25.4. The number of likely N-dealkylation sites (N-methyl/N-ethyl adjacent to an activating group) is 2. The monoisotopic (exact) mass is 921 g/mol. The van der Waals surface area contributed by atoms with Gasteiger partial charge in [0.2, 0.25) is 21.8 Å². The molecule has 4 amide bonds. The lowest BCUT2D eigenvalue weighted by atomic mass is 9.72. The molecule has 2 heterocycles. The summed E-state index contributed by atoms with van der Waals surface area (Å²) in [5, 5.41) is 7.42. The molecule has 0 aliphatic heterocycles. The van der Waals surface area contributed by atoms with E-state index in [0.29, 0.717) is 34.5 Å². The van der Waals surface area contributed by atoms with E-state index in [4.69, 9.17) is 0 Å². The normalized spacial score (nSPS) is 21.4. The van der Waals surface area contributed by atoms with Crippen molar-refractivity contribution in [2.75, 3.05) is 27.2 Å². The predicted molar refractivity (Wildman–Crippen MR) is 260 cm³/mol. The molecule has 10 rings (SSSR count). The van der Waals surface area contributed by atoms with Gasteiger partial charge in [-0.15, -0.1) is 0 Å². The number of aryl methyl sites for hydroxylation is 1. The van der Waals surface area contributed by atoms with Crippen molar-refractivity contribution >= 4 is 55.5 Å². The van der Waals surface area contributed by atoms with Crippen molar-refractivity contribution in [1.29, 1.82) is 0 Å². The maximum absolute atomic E-state index is 13.4. The second-order valence-corrected chi connectivity index (χ2v) is 23.5. The molecule has 2 aromatic heterocycles. The third-order valence-corrected chi connectivity index (χ3v) is 18.0. The Kier molecular flexibility index (Phi) is 13.7. The van der Waals surface area contributed by atoms with Crippen molar-refractivity contribution in [2.45, 2.75) is 160 Å². The molecule has 0 radical (unpaired) electrons. The summed E-state index contributed by atoms with van der Waals surface area (Å²) in [6, 6.07) is 11.9. The highest BCUT2D eigenvalue weighted by atomic mass is 32.2. The van der Waals surface area contributed by atoms with Crippen LogP contribution in [-0.2, 0) is 45.3 Å². The summed E-state index contributed by atoms with van der Waals surface area (Å²) in [6.45, 7) is 3.57. The van der Waals surface area contributed by atoms with Gasteiger partial charge in [0, 0.05) is 65.0 Å². The van der Waals surface area contributed by atoms with Crippen LogP contribution in [0.15, 0.2) is 36.4 Å². The fourth-order valence-corrected chi connectivity index (χ4v) is 13.2. The molecule has 0 saturated heterocycles. The van der Waals surface area contributed by atoms with Crippen LogP contribution in [-0.4, -0.2) is 95.3 Å². The maximum Gasteiger partial charge on any atom is 0.254 e. The van der Waals surface area contributed by atoms with E-state index in [0.717, 1.165) is 91.8 Å². The lowest BCUT2D eigenvalue weighted by Crippen LogP contribution is -2.39. The molecule has 6 aliphatic carbocycles. The van der Waals surface area contributed by atoms with E-state index >= 15 is 0 Å². The molecular weight excluding hydrogens is 849 g/mol. The summed E-state index contributed by atoms with van der Waals surface area (Å²) < 4.78 is 28.5. The standard InChI is InChI=1S/C28H39N3O4S.C25H33N3O2/c1-18(2)36(34,35)31-25-13-9-20(19-7-5-4-6-8-19)15-23(25)24-16-21(10-14-26(24)31)28(33)30(3)17-27(32)29-22-11-12-22;1-28(15-24(29)26-19-9-10-19)25(30)18-8-12-23-21(14-18)20-13-17(7-11-22(20)27-23)16-5-3-2-4-6-16/h10,14,16,18-20,22H,4-9,11-13,15,17H2,1-3H3,(H,29,32);8,12,14,16-17,19,27H,2-7,9-11,13,15H2,1H3,(H,26,29). The lowest BCUT2D eigenvalue weighted by Gasteiger charge is -2.33. The van der Waals surface area contributed by atoms with E-state index in [2.05, 4.69) is 15.6 Å². The molecule has 0 spiro atoms. The summed E-state index contributed by atoms with van der Waals surface area (Å²) >= 11 is 0. The van der Waals surface area contributed by atoms with Gasteiger partial charge < -0.3 is 25.4 Å². The van der Waals surface area contributed by atoms with Gasteiger partial charge >= 0.3 is 0 Å². The first-order valence-corrected chi connectivity index (χ1v) is 26.9. The van der Waals surface area contributed by atoms with Gasteiger partial charge in [-0.3, -0.25) is 19.2 Å². The minimum absolute atomic E-state index is 0.0119. The van der Waals surface area contributed by atoms with E-state index in [1.165, 1.54) is 97.1 Å². The largest absolute Gasteiger partial charge is 0.358 e. The van der Waals surface area contributed by atoms with Crippen LogP contribution in [0.3, 0.4) is 0 Å². The average molecular weight is 921 g/mol. The van der Waals surface area contributed by atoms with Crippen LogP contribution in [0, 0.1) is 23.7 Å². The third kappa shape index (κ3) is 10.1. The number of nitrogens with zero attached hydrogens (tertiary/aromatic N) is 3. The number of carbonyl (C=O) groups excluding carboxylic acids is 4. The Balaban J connectivity index is 0.000000169. The Bertz CT molecular complexity index is 2570. The van der Waals surface area contributed by atoms with Crippen molar-refractivity contribution in [3.63, 3.8) is 0 Å². The Morgan fingerprint density at radius 2 is 1.14 bits per heavy atom. The maximum atomic E-state index is 13.4. The molecule has 0 bridgehead atoms. The number of fused-ring (bicyclic) bond motifs is 6. The second kappa shape index (κ2) is 19.5. The fraction of sp³-hybridized carbons (Fsp3) is 0.623. The fourth-order valence-electron chi connectivity index (χ4n) is 11.8. The van der Waals surface area contributed by atoms with Gasteiger partial charge in [0.1, 0.15) is 0 Å². The summed E-state index contributed by atoms with van der Waals surface area (Å²) in [5.74, 6) is 2.40. The van der Waals surface area contributed by atoms with Crippen molar-refractivity contribution in [2.24, 2.45) is 23.7 Å². The van der Waals surface area contributed by atoms with E-state index < -0.39 is 15.3 Å². The molecule has 4 aromatic rings. The minimum Gasteiger partial charge on any atom is -0.358 e. The topological polar surface area (TPSA) is 154 Å². The number of nitrogens with one attached hydrogen (secondary N) is 3. The zero-order chi connectivity index (χ0) is 46.3. The molecule has 2 atom stereocenters. The number of carbonyl (C=O) groups is 4. The first kappa shape index (κ1) is 46.5. The average Bonchev–Trinajstić information content (AvgIpc) is 4.26. The van der Waals surface area contributed by atoms with Gasteiger partial charge in [-0.05, 0) is 149 Å². The molecule has 12 nitrogen and oxygen atoms in total. The van der Waals surface area contributed by atoms with Crippen LogP contribution < -0.4 is 10.6 Å². The van der Waals surface area contributed by atoms with Crippen LogP contribution in [0.25, 0.3) is 21.8 Å². The van der Waals surface area contributed by atoms with Crippen molar-refractivity contribution in [3.05, 3.63) is 70.0 Å². The predicted octanol–water partition coefficient (Wildman–Crippen LogP) is 8.47. The molecule has 356 valence electrons. The van der Waals surface area contributed by atoms with Crippen LogP contribution in [0.4, 0.5) is 0 Å². The summed E-state index contributed by atoms with van der Waals surface area (Å²) in [4.78, 5) is 57.1. The van der Waals surface area contributed by atoms with Crippen molar-refractivity contribution in [1.82, 2.24) is 29.4 Å². The van der Waals surface area contributed by atoms with Crippen LogP contribution >= 0.6 is 0 Å². The number of aromatic amines is 1. The molecule has 4 saturated carbocycles. The number of benzene rings is 2. The van der Waals surface area contributed by atoms with Gasteiger partial charge in [0.15, 0.2) is 0 Å². The van der Waals surface area contributed by atoms with E-state index in [1.807, 2.05) is 24.3 Å². The zero-order valence-electron chi connectivity index (χ0n) is 39.8. The van der Waals surface area contributed by atoms with E-state index in [9.17, 15) is 27.6 Å². The highest BCUT2D eigenvalue weighted by Gasteiger charge is 2.36. The SMILES string of the molecule is CC(C)S(=O)(=O)n1c2c(c3cc(C(=O)N(C)CC(=O)NC4CC4)ccc31)CC(C1CCCCC1)CC2.CN(CC(=O)NC1CC1)C(=O)c1ccc2[nH]c3c(c2c1)CC(C1CCCCC1)CC3. The third-order valence-electron chi connectivity index (χ3n) is 15.9. The second-order valence-electron chi connectivity index (χ2n) is 21.2. The summed E-state index contributed by atoms with van der Waals surface area (Å²) in [5.41, 5.74) is 7.75. The van der Waals surface area contributed by atoms with E-state index in [1.54, 1.807) is 44.0 Å². The van der Waals surface area contributed by atoms with Crippen LogP contribution in [0.5, 0.6) is 0 Å². The molecule has 66 heavy (non-hydrogen) atoms. The molecule has 2 aromatic carbocycles. The molecule has 4 fully saturated rings. The number of rotatable bonds is 12. The Labute approximate surface area is 391 Å². The smallest absolute Gasteiger partial charge is 0.254 e. The molecule has 13 heteroatoms. The summed E-state index contributed by atoms with van der Waals surface area (Å²) in [6.07, 6.45) is 23.7. The number of H-pyrrole nitrogens is 1. The molecular formula is C53H72N6O6S. The molecule has 6 aliphatic rings. The van der Waals surface area contributed by atoms with Crippen molar-refractivity contribution < 1.29 is 27.6 Å². The summed E-state index contributed by atoms with van der Waals surface area (Å²) in [7, 11) is -0.193. The Morgan fingerprint density at radius 1 is 0.636 bits per heavy atom. The number of amides is 4. The van der Waals surface area contributed by atoms with Gasteiger partial charge in [0.25, 0.3) is 11.8 Å². The number of hydrogen-bond acceptors (Lipinski definition) is 6. The van der Waals surface area contributed by atoms with E-state index in [-0.39, 0.29) is 42.8 Å². The van der Waals surface area contributed by atoms with Gasteiger partial charge in [-0.2, -0.15) is 0 Å². The Morgan fingerprint density at radius 3 is 1.67 bits per heavy atom. The van der Waals surface area contributed by atoms with Crippen LogP contribution in [0.1, 0.15) is 160 Å². The van der Waals surface area contributed by atoms with Gasteiger partial charge in [-0.25, -0.2) is 12.4 Å². The van der Waals surface area contributed by atoms with Gasteiger partial charge in [0.05, 0.1) is 23.9 Å². The lowest BCUT2D eigenvalue weighted by molar-refractivity contribution is -0.122. The quantitative estimate of drug-likeness (QED) is 0.130. The number of aromatic nitrogens is 2. The highest BCUT2D eigenvalue weighted by molar-refractivity contribution is 7.90. The molecule has 3 N–H and O–H groups in total. The Hall–Kier alpha value is -4.65. The first-order chi connectivity index (χ1) is 31.7.